The van der Waals surface area contributed by atoms with E-state index < -0.39 is 0 Å². The average molecular weight is 230 g/mol. The molecule has 96 valence electrons. The number of rotatable bonds is 6. The third kappa shape index (κ3) is 3.42. The van der Waals surface area contributed by atoms with Crippen LogP contribution in [-0.4, -0.2) is 56.5 Å². The lowest BCUT2D eigenvalue weighted by Crippen LogP contribution is -2.57. The van der Waals surface area contributed by atoms with Crippen LogP contribution in [0.4, 0.5) is 0 Å². The highest BCUT2D eigenvalue weighted by atomic mass is 16.5. The second-order valence-corrected chi connectivity index (χ2v) is 4.76. The average Bonchev–Trinajstić information content (AvgIpc) is 2.36. The maximum Gasteiger partial charge on any atom is 0.0659 e. The van der Waals surface area contributed by atoms with Gasteiger partial charge in [0.2, 0.25) is 0 Å². The van der Waals surface area contributed by atoms with E-state index in [0.29, 0.717) is 12.6 Å². The molecule has 1 aliphatic heterocycles. The summed E-state index contributed by atoms with van der Waals surface area (Å²) in [5, 5.41) is 0. The van der Waals surface area contributed by atoms with E-state index in [0.717, 1.165) is 39.1 Å². The maximum atomic E-state index is 5.89. The normalized spacial score (nSPS) is 23.2. The molecule has 0 aromatic rings. The van der Waals surface area contributed by atoms with Crippen LogP contribution in [0.1, 0.15) is 26.7 Å². The molecule has 0 amide bonds. The molecule has 0 aromatic heterocycles. The van der Waals surface area contributed by atoms with E-state index in [2.05, 4.69) is 11.8 Å². The fourth-order valence-electron chi connectivity index (χ4n) is 2.23. The number of nitrogens with zero attached hydrogens (tertiary/aromatic N) is 1. The van der Waals surface area contributed by atoms with E-state index in [9.17, 15) is 0 Å². The Bertz CT molecular complexity index is 193. The Kier molecular flexibility index (Phi) is 5.69. The van der Waals surface area contributed by atoms with E-state index in [1.165, 1.54) is 0 Å². The fourth-order valence-corrected chi connectivity index (χ4v) is 2.23. The summed E-state index contributed by atoms with van der Waals surface area (Å²) in [4.78, 5) is 2.44. The lowest BCUT2D eigenvalue weighted by Gasteiger charge is -2.44. The van der Waals surface area contributed by atoms with Crippen LogP contribution < -0.4 is 5.73 Å². The van der Waals surface area contributed by atoms with Crippen molar-refractivity contribution in [3.05, 3.63) is 0 Å². The van der Waals surface area contributed by atoms with Crippen molar-refractivity contribution in [2.45, 2.75) is 38.3 Å². The van der Waals surface area contributed by atoms with Gasteiger partial charge in [-0.1, -0.05) is 0 Å². The molecule has 4 heteroatoms. The van der Waals surface area contributed by atoms with E-state index in [4.69, 9.17) is 15.2 Å². The molecule has 2 N–H and O–H groups in total. The van der Waals surface area contributed by atoms with Crippen LogP contribution in [0, 0.1) is 0 Å². The molecule has 1 unspecified atom stereocenters. The van der Waals surface area contributed by atoms with Gasteiger partial charge >= 0.3 is 0 Å². The lowest BCUT2D eigenvalue weighted by atomic mass is 9.96. The van der Waals surface area contributed by atoms with Gasteiger partial charge in [-0.3, -0.25) is 4.90 Å². The zero-order chi connectivity index (χ0) is 12.0. The van der Waals surface area contributed by atoms with Crippen molar-refractivity contribution in [1.29, 1.82) is 0 Å². The molecule has 0 saturated carbocycles. The van der Waals surface area contributed by atoms with Crippen LogP contribution in [0.5, 0.6) is 0 Å². The van der Waals surface area contributed by atoms with E-state index in [1.54, 1.807) is 7.11 Å². The summed E-state index contributed by atoms with van der Waals surface area (Å²) < 4.78 is 10.9. The van der Waals surface area contributed by atoms with Crippen LogP contribution >= 0.6 is 0 Å². The molecule has 0 bridgehead atoms. The first-order chi connectivity index (χ1) is 7.66. The molecular formula is C12H26N2O2. The summed E-state index contributed by atoms with van der Waals surface area (Å²) in [5.41, 5.74) is 5.87. The number of methoxy groups -OCH3 is 1. The van der Waals surface area contributed by atoms with Gasteiger partial charge in [0.05, 0.1) is 18.2 Å². The highest BCUT2D eigenvalue weighted by molar-refractivity contribution is 4.90. The maximum absolute atomic E-state index is 5.89. The molecule has 16 heavy (non-hydrogen) atoms. The predicted octanol–water partition coefficient (Wildman–Crippen LogP) is 0.851. The highest BCUT2D eigenvalue weighted by Crippen LogP contribution is 2.22. The second-order valence-electron chi connectivity index (χ2n) is 4.76. The Hall–Kier alpha value is -0.160. The zero-order valence-corrected chi connectivity index (χ0v) is 10.9. The molecule has 1 atom stereocenters. The minimum Gasteiger partial charge on any atom is -0.381 e. The predicted molar refractivity (Wildman–Crippen MR) is 65.6 cm³/mol. The van der Waals surface area contributed by atoms with E-state index in [-0.39, 0.29) is 5.54 Å². The van der Waals surface area contributed by atoms with Gasteiger partial charge < -0.3 is 15.2 Å². The standard InChI is InChI=1S/C12H26N2O2/c1-4-16-10-12(2,9-13)14-7-5-11(15-3)6-8-14/h11H,4-10,13H2,1-3H3. The molecule has 0 aromatic carbocycles. The van der Waals surface area contributed by atoms with Crippen molar-refractivity contribution in [3.63, 3.8) is 0 Å². The Balaban J connectivity index is 2.47. The van der Waals surface area contributed by atoms with Crippen molar-refractivity contribution in [2.24, 2.45) is 5.73 Å². The zero-order valence-electron chi connectivity index (χ0n) is 10.9. The summed E-state index contributed by atoms with van der Waals surface area (Å²) in [7, 11) is 1.79. The summed E-state index contributed by atoms with van der Waals surface area (Å²) in [6.07, 6.45) is 2.61. The highest BCUT2D eigenvalue weighted by Gasteiger charge is 2.33. The molecule has 0 spiro atoms. The monoisotopic (exact) mass is 230 g/mol. The quantitative estimate of drug-likeness (QED) is 0.735. The number of ether oxygens (including phenoxy) is 2. The van der Waals surface area contributed by atoms with Crippen LogP contribution in [0.15, 0.2) is 0 Å². The van der Waals surface area contributed by atoms with Gasteiger partial charge in [0.1, 0.15) is 0 Å². The van der Waals surface area contributed by atoms with Crippen LogP contribution in [0.25, 0.3) is 0 Å². The molecular weight excluding hydrogens is 204 g/mol. The molecule has 4 nitrogen and oxygen atoms in total. The Labute approximate surface area is 99.1 Å². The SMILES string of the molecule is CCOCC(C)(CN)N1CCC(OC)CC1. The van der Waals surface area contributed by atoms with Gasteiger partial charge in [0, 0.05) is 33.4 Å². The van der Waals surface area contributed by atoms with E-state index in [1.807, 2.05) is 6.92 Å². The molecule has 1 saturated heterocycles. The smallest absolute Gasteiger partial charge is 0.0659 e. The molecule has 1 heterocycles. The third-order valence-electron chi connectivity index (χ3n) is 3.60. The first-order valence-electron chi connectivity index (χ1n) is 6.22. The summed E-state index contributed by atoms with van der Waals surface area (Å²) in [6.45, 7) is 8.44. The summed E-state index contributed by atoms with van der Waals surface area (Å²) >= 11 is 0. The van der Waals surface area contributed by atoms with Gasteiger partial charge in [-0.05, 0) is 26.7 Å². The molecule has 0 radical (unpaired) electrons. The molecule has 0 aliphatic carbocycles. The third-order valence-corrected chi connectivity index (χ3v) is 3.60. The van der Waals surface area contributed by atoms with E-state index >= 15 is 0 Å². The second kappa shape index (κ2) is 6.55. The number of hydrogen-bond acceptors (Lipinski definition) is 4. The minimum atomic E-state index is -0.0191. The number of likely N-dealkylation sites (tertiary alicyclic amines) is 1. The van der Waals surface area contributed by atoms with Crippen molar-refractivity contribution >= 4 is 0 Å². The van der Waals surface area contributed by atoms with Gasteiger partial charge in [0.15, 0.2) is 0 Å². The topological polar surface area (TPSA) is 47.7 Å². The summed E-state index contributed by atoms with van der Waals surface area (Å²) in [5.74, 6) is 0. The lowest BCUT2D eigenvalue weighted by molar-refractivity contribution is -0.0315. The number of nitrogens with two attached hydrogens (primary N) is 1. The fraction of sp³-hybridized carbons (Fsp3) is 1.00. The first kappa shape index (κ1) is 13.9. The van der Waals surface area contributed by atoms with Gasteiger partial charge in [0.25, 0.3) is 0 Å². The van der Waals surface area contributed by atoms with Gasteiger partial charge in [-0.2, -0.15) is 0 Å². The number of piperidine rings is 1. The Morgan fingerprint density at radius 3 is 2.44 bits per heavy atom. The van der Waals surface area contributed by atoms with Crippen molar-refractivity contribution < 1.29 is 9.47 Å². The molecule has 1 aliphatic rings. The van der Waals surface area contributed by atoms with Crippen molar-refractivity contribution in [1.82, 2.24) is 4.90 Å². The molecule has 1 rings (SSSR count). The van der Waals surface area contributed by atoms with Gasteiger partial charge in [-0.15, -0.1) is 0 Å². The largest absolute Gasteiger partial charge is 0.381 e. The van der Waals surface area contributed by atoms with Crippen LogP contribution in [0.2, 0.25) is 0 Å². The van der Waals surface area contributed by atoms with Crippen molar-refractivity contribution in [2.75, 3.05) is 40.0 Å². The molecule has 1 fully saturated rings. The number of hydrogen-bond donors (Lipinski definition) is 1. The van der Waals surface area contributed by atoms with Gasteiger partial charge in [-0.25, -0.2) is 0 Å². The van der Waals surface area contributed by atoms with Crippen molar-refractivity contribution in [3.8, 4) is 0 Å². The Morgan fingerprint density at radius 1 is 1.38 bits per heavy atom. The van der Waals surface area contributed by atoms with Crippen LogP contribution in [0.3, 0.4) is 0 Å². The summed E-state index contributed by atoms with van der Waals surface area (Å²) in [6, 6.07) is 0. The van der Waals surface area contributed by atoms with Crippen LogP contribution in [-0.2, 0) is 9.47 Å². The Morgan fingerprint density at radius 2 is 2.00 bits per heavy atom. The minimum absolute atomic E-state index is 0.0191. The first-order valence-corrected chi connectivity index (χ1v) is 6.22.